The van der Waals surface area contributed by atoms with Gasteiger partial charge in [-0.15, -0.1) is 4.33 Å². The molecule has 0 bridgehead atoms. The number of methoxy groups -OCH3 is 1. The van der Waals surface area contributed by atoms with Gasteiger partial charge in [0.25, 0.3) is 10.1 Å². The maximum atomic E-state index is 12.0. The number of hydrogen-bond donors (Lipinski definition) is 2. The van der Waals surface area contributed by atoms with Crippen molar-refractivity contribution < 1.29 is 37.1 Å². The zero-order chi connectivity index (χ0) is 21.7. The number of benzene rings is 3. The van der Waals surface area contributed by atoms with Crippen LogP contribution in [-0.2, 0) is 19.5 Å². The van der Waals surface area contributed by atoms with E-state index in [1.165, 1.54) is 19.2 Å². The van der Waals surface area contributed by atoms with Crippen LogP contribution in [0.5, 0.6) is 17.2 Å². The molecule has 0 spiro atoms. The van der Waals surface area contributed by atoms with Gasteiger partial charge in [0.2, 0.25) is 0 Å². The van der Waals surface area contributed by atoms with Crippen LogP contribution in [0.4, 0.5) is 0 Å². The Morgan fingerprint density at radius 2 is 1.53 bits per heavy atom. The predicted molar refractivity (Wildman–Crippen MR) is 110 cm³/mol. The average molecular weight is 450 g/mol. The van der Waals surface area contributed by atoms with Gasteiger partial charge in [-0.3, -0.25) is 4.55 Å². The van der Waals surface area contributed by atoms with E-state index < -0.39 is 10.1 Å². The van der Waals surface area contributed by atoms with Gasteiger partial charge >= 0.3 is 0 Å². The normalized spacial score (nSPS) is 11.3. The third-order valence-electron chi connectivity index (χ3n) is 4.18. The molecule has 30 heavy (non-hydrogen) atoms. The maximum Gasteiger partial charge on any atom is 0.298 e. The summed E-state index contributed by atoms with van der Waals surface area (Å²) >= 11 is 0.799. The lowest BCUT2D eigenvalue weighted by Crippen LogP contribution is -2.02. The average Bonchev–Trinajstić information content (AvgIpc) is 2.73. The van der Waals surface area contributed by atoms with Crippen LogP contribution in [-0.4, -0.2) is 25.3 Å². The molecule has 0 amide bonds. The molecule has 3 aromatic rings. The van der Waals surface area contributed by atoms with E-state index in [4.69, 9.17) is 14.7 Å². The minimum absolute atomic E-state index is 0.0230. The molecule has 0 aliphatic heterocycles. The lowest BCUT2D eigenvalue weighted by Gasteiger charge is -2.13. The van der Waals surface area contributed by atoms with Crippen LogP contribution in [0.2, 0.25) is 0 Å². The largest absolute Gasteiger partial charge is 0.497 e. The Labute approximate surface area is 177 Å². The first-order valence-electron chi connectivity index (χ1n) is 8.51. The Hall–Kier alpha value is -2.60. The van der Waals surface area contributed by atoms with Gasteiger partial charge in [-0.2, -0.15) is 8.42 Å². The fourth-order valence-electron chi connectivity index (χ4n) is 2.67. The molecule has 0 aromatic heterocycles. The van der Waals surface area contributed by atoms with Crippen molar-refractivity contribution in [3.8, 4) is 28.4 Å². The maximum absolute atomic E-state index is 12.0. The fraction of sp³-hybridized carbons (Fsp3) is 0.100. The Bertz CT molecular complexity index is 1130. The van der Waals surface area contributed by atoms with Crippen molar-refractivity contribution in [3.63, 3.8) is 0 Å². The molecule has 0 atom stereocenters. The second-order valence-corrected chi connectivity index (χ2v) is 8.25. The molecule has 158 valence electrons. The molecule has 10 heteroatoms. The van der Waals surface area contributed by atoms with Crippen LogP contribution in [0.1, 0.15) is 5.56 Å². The monoisotopic (exact) mass is 450 g/mol. The molecular weight excluding hydrogens is 432 g/mol. The molecule has 0 radical (unpaired) electrons. The quantitative estimate of drug-likeness (QED) is 0.208. The van der Waals surface area contributed by atoms with Crippen LogP contribution in [0.25, 0.3) is 11.1 Å². The molecule has 0 aliphatic carbocycles. The summed E-state index contributed by atoms with van der Waals surface area (Å²) in [5.41, 5.74) is 2.04. The van der Waals surface area contributed by atoms with E-state index in [1.807, 2.05) is 6.92 Å². The van der Waals surface area contributed by atoms with Gasteiger partial charge in [-0.1, -0.05) is 23.2 Å². The van der Waals surface area contributed by atoms with Gasteiger partial charge in [-0.25, -0.2) is 5.26 Å². The second-order valence-electron chi connectivity index (χ2n) is 6.12. The highest BCUT2D eigenvalue weighted by Gasteiger charge is 2.19. The molecular formula is C20H18O8S2. The van der Waals surface area contributed by atoms with E-state index in [1.54, 1.807) is 48.5 Å². The molecule has 0 fully saturated rings. The fourth-order valence-corrected chi connectivity index (χ4v) is 3.78. The van der Waals surface area contributed by atoms with Crippen LogP contribution in [0.3, 0.4) is 0 Å². The third-order valence-corrected chi connectivity index (χ3v) is 5.81. The summed E-state index contributed by atoms with van der Waals surface area (Å²) < 4.78 is 48.9. The number of aryl methyl sites for hydroxylation is 1. The molecule has 0 saturated carbocycles. The van der Waals surface area contributed by atoms with E-state index in [0.29, 0.717) is 27.5 Å². The highest BCUT2D eigenvalue weighted by molar-refractivity contribution is 7.94. The van der Waals surface area contributed by atoms with Crippen molar-refractivity contribution in [2.75, 3.05) is 7.11 Å². The van der Waals surface area contributed by atoms with Gasteiger partial charge in [-0.05, 0) is 66.1 Å². The van der Waals surface area contributed by atoms with Crippen LogP contribution in [0.15, 0.2) is 70.5 Å². The zero-order valence-electron chi connectivity index (χ0n) is 15.9. The molecule has 0 unspecified atom stereocenters. The van der Waals surface area contributed by atoms with Gasteiger partial charge < -0.3 is 9.47 Å². The van der Waals surface area contributed by atoms with Crippen molar-refractivity contribution in [3.05, 3.63) is 66.2 Å². The SMILES string of the molecule is COc1ccc(Oc2ccc(-c3ccc(C)c(SOOO)c3)cc2S(=O)(=O)O)cc1. The van der Waals surface area contributed by atoms with E-state index in [0.717, 1.165) is 17.6 Å². The van der Waals surface area contributed by atoms with Crippen molar-refractivity contribution in [1.29, 1.82) is 0 Å². The van der Waals surface area contributed by atoms with Crippen molar-refractivity contribution in [1.82, 2.24) is 0 Å². The summed E-state index contributed by atoms with van der Waals surface area (Å²) in [5.74, 6) is 0.977. The molecule has 3 aromatic carbocycles. The minimum Gasteiger partial charge on any atom is -0.497 e. The highest BCUT2D eigenvalue weighted by Crippen LogP contribution is 2.35. The standard InChI is InChI=1S/C20H18O8S2/c1-13-3-4-14(11-19(13)29-28-27-21)15-5-10-18(20(12-15)30(22,23)24)26-17-8-6-16(25-2)7-9-17/h3-12,21H,1-2H3,(H,22,23,24). The summed E-state index contributed by atoms with van der Waals surface area (Å²) in [4.78, 5) is 0.272. The number of ether oxygens (including phenoxy) is 2. The van der Waals surface area contributed by atoms with E-state index >= 15 is 0 Å². The second kappa shape index (κ2) is 9.47. The predicted octanol–water partition coefficient (Wildman–Crippen LogP) is 5.14. The Morgan fingerprint density at radius 3 is 2.17 bits per heavy atom. The van der Waals surface area contributed by atoms with E-state index in [2.05, 4.69) is 9.37 Å². The van der Waals surface area contributed by atoms with Crippen molar-refractivity contribution >= 4 is 22.2 Å². The first-order valence-corrected chi connectivity index (χ1v) is 10.7. The van der Waals surface area contributed by atoms with Gasteiger partial charge in [0.1, 0.15) is 22.1 Å². The van der Waals surface area contributed by atoms with Gasteiger partial charge in [0.15, 0.2) is 0 Å². The Kier molecular flexibility index (Phi) is 6.98. The Balaban J connectivity index is 1.99. The van der Waals surface area contributed by atoms with Crippen LogP contribution in [0, 0.1) is 6.92 Å². The van der Waals surface area contributed by atoms with Crippen molar-refractivity contribution in [2.24, 2.45) is 0 Å². The summed E-state index contributed by atoms with van der Waals surface area (Å²) in [6, 6.07) is 16.3. The topological polar surface area (TPSA) is 112 Å². The summed E-state index contributed by atoms with van der Waals surface area (Å²) in [6.07, 6.45) is 0. The number of hydrogen-bond acceptors (Lipinski definition) is 8. The molecule has 8 nitrogen and oxygen atoms in total. The smallest absolute Gasteiger partial charge is 0.298 e. The summed E-state index contributed by atoms with van der Waals surface area (Å²) in [7, 11) is -3.03. The third kappa shape index (κ3) is 5.30. The lowest BCUT2D eigenvalue weighted by atomic mass is 10.0. The van der Waals surface area contributed by atoms with Crippen molar-refractivity contribution in [2.45, 2.75) is 16.7 Å². The van der Waals surface area contributed by atoms with Crippen LogP contribution >= 0.6 is 12.0 Å². The van der Waals surface area contributed by atoms with Gasteiger partial charge in [0, 0.05) is 4.90 Å². The zero-order valence-corrected chi connectivity index (χ0v) is 17.6. The van der Waals surface area contributed by atoms with E-state index in [-0.39, 0.29) is 10.6 Å². The molecule has 2 N–H and O–H groups in total. The van der Waals surface area contributed by atoms with Crippen LogP contribution < -0.4 is 9.47 Å². The van der Waals surface area contributed by atoms with Gasteiger partial charge in [0.05, 0.1) is 19.2 Å². The molecule has 0 heterocycles. The lowest BCUT2D eigenvalue weighted by molar-refractivity contribution is -0.432. The number of rotatable bonds is 8. The first kappa shape index (κ1) is 22.1. The summed E-state index contributed by atoms with van der Waals surface area (Å²) in [5, 5.41) is 12.0. The minimum atomic E-state index is -4.56. The molecule has 0 saturated heterocycles. The van der Waals surface area contributed by atoms with E-state index in [9.17, 15) is 13.0 Å². The summed E-state index contributed by atoms with van der Waals surface area (Å²) in [6.45, 7) is 1.84. The Morgan fingerprint density at radius 1 is 0.900 bits per heavy atom. The first-order chi connectivity index (χ1) is 14.3. The molecule has 0 aliphatic rings. The highest BCUT2D eigenvalue weighted by atomic mass is 32.2. The molecule has 3 rings (SSSR count).